The van der Waals surface area contributed by atoms with Crippen molar-refractivity contribution in [3.05, 3.63) is 101 Å². The van der Waals surface area contributed by atoms with Crippen LogP contribution in [0.2, 0.25) is 5.02 Å². The second kappa shape index (κ2) is 7.85. The Morgan fingerprint density at radius 1 is 0.897 bits per heavy atom. The second-order valence-electron chi connectivity index (χ2n) is 6.22. The van der Waals surface area contributed by atoms with E-state index in [4.69, 9.17) is 11.6 Å². The summed E-state index contributed by atoms with van der Waals surface area (Å²) in [5.74, 6) is -1.61. The molecule has 0 fully saturated rings. The summed E-state index contributed by atoms with van der Waals surface area (Å²) in [5, 5.41) is 7.46. The Balaban J connectivity index is 1.80. The standard InChI is InChI=1S/C22H14ClF2N3O/c23-14-9-11-15(12-10-14)28-21(22(29)26-19-8-4-3-7-18(19)25)13-20(27-28)16-5-1-2-6-17(16)24/h1-13H,(H,26,29). The molecule has 0 spiro atoms. The van der Waals surface area contributed by atoms with E-state index in [-0.39, 0.29) is 22.6 Å². The summed E-state index contributed by atoms with van der Waals surface area (Å²) in [6.07, 6.45) is 0. The van der Waals surface area contributed by atoms with Gasteiger partial charge in [0.2, 0.25) is 0 Å². The van der Waals surface area contributed by atoms with Crippen molar-refractivity contribution >= 4 is 23.2 Å². The van der Waals surface area contributed by atoms with Crippen LogP contribution in [0.5, 0.6) is 0 Å². The highest BCUT2D eigenvalue weighted by Gasteiger charge is 2.20. The number of benzene rings is 3. The van der Waals surface area contributed by atoms with Gasteiger partial charge in [-0.2, -0.15) is 5.10 Å². The van der Waals surface area contributed by atoms with Gasteiger partial charge in [0.15, 0.2) is 0 Å². The van der Waals surface area contributed by atoms with Crippen molar-refractivity contribution in [3.8, 4) is 16.9 Å². The number of nitrogens with one attached hydrogen (secondary N) is 1. The average molecular weight is 410 g/mol. The number of hydrogen-bond donors (Lipinski definition) is 1. The van der Waals surface area contributed by atoms with E-state index in [1.165, 1.54) is 35.0 Å². The summed E-state index contributed by atoms with van der Waals surface area (Å²) < 4.78 is 29.6. The number of para-hydroxylation sites is 1. The Bertz CT molecular complexity index is 1190. The third-order valence-corrected chi connectivity index (χ3v) is 4.54. The Labute approximate surface area is 170 Å². The Kier molecular flexibility index (Phi) is 5.10. The molecule has 4 rings (SSSR count). The van der Waals surface area contributed by atoms with Gasteiger partial charge < -0.3 is 5.32 Å². The molecule has 0 aliphatic heterocycles. The Hall–Kier alpha value is -3.51. The largest absolute Gasteiger partial charge is 0.318 e. The first-order valence-corrected chi connectivity index (χ1v) is 9.07. The monoisotopic (exact) mass is 409 g/mol. The number of anilines is 1. The van der Waals surface area contributed by atoms with E-state index in [1.54, 1.807) is 48.5 Å². The molecule has 0 aliphatic carbocycles. The predicted octanol–water partition coefficient (Wildman–Crippen LogP) is 5.72. The number of halogens is 3. The van der Waals surface area contributed by atoms with E-state index in [2.05, 4.69) is 10.4 Å². The number of amides is 1. The minimum absolute atomic E-state index is 0.0359. The number of nitrogens with zero attached hydrogens (tertiary/aromatic N) is 2. The van der Waals surface area contributed by atoms with Crippen molar-refractivity contribution in [1.29, 1.82) is 0 Å². The fraction of sp³-hybridized carbons (Fsp3) is 0. The molecule has 7 heteroatoms. The number of carbonyl (C=O) groups excluding carboxylic acids is 1. The molecule has 1 amide bonds. The quantitative estimate of drug-likeness (QED) is 0.468. The molecule has 0 radical (unpaired) electrons. The topological polar surface area (TPSA) is 46.9 Å². The molecule has 0 unspecified atom stereocenters. The van der Waals surface area contributed by atoms with E-state index >= 15 is 0 Å². The van der Waals surface area contributed by atoms with Gasteiger partial charge in [-0.1, -0.05) is 35.9 Å². The zero-order valence-corrected chi connectivity index (χ0v) is 15.7. The van der Waals surface area contributed by atoms with Crippen LogP contribution in [0.15, 0.2) is 78.9 Å². The minimum atomic E-state index is -0.583. The van der Waals surface area contributed by atoms with E-state index < -0.39 is 17.5 Å². The average Bonchev–Trinajstić information content (AvgIpc) is 3.16. The van der Waals surface area contributed by atoms with Crippen LogP contribution in [0, 0.1) is 11.6 Å². The molecule has 29 heavy (non-hydrogen) atoms. The molecule has 1 heterocycles. The van der Waals surface area contributed by atoms with E-state index in [0.717, 1.165) is 0 Å². The van der Waals surface area contributed by atoms with Crippen molar-refractivity contribution < 1.29 is 13.6 Å². The van der Waals surface area contributed by atoms with Crippen molar-refractivity contribution in [3.63, 3.8) is 0 Å². The van der Waals surface area contributed by atoms with Crippen LogP contribution in [0.4, 0.5) is 14.5 Å². The van der Waals surface area contributed by atoms with E-state index in [1.807, 2.05) is 0 Å². The highest BCUT2D eigenvalue weighted by atomic mass is 35.5. The molecule has 0 bridgehead atoms. The van der Waals surface area contributed by atoms with Gasteiger partial charge in [-0.25, -0.2) is 13.5 Å². The van der Waals surface area contributed by atoms with Gasteiger partial charge in [-0.05, 0) is 54.6 Å². The lowest BCUT2D eigenvalue weighted by molar-refractivity contribution is 0.101. The van der Waals surface area contributed by atoms with Crippen molar-refractivity contribution in [2.45, 2.75) is 0 Å². The van der Waals surface area contributed by atoms with Crippen LogP contribution in [0.25, 0.3) is 16.9 Å². The van der Waals surface area contributed by atoms with Crippen molar-refractivity contribution in [1.82, 2.24) is 9.78 Å². The summed E-state index contributed by atoms with van der Waals surface area (Å²) in [6.45, 7) is 0. The maximum atomic E-state index is 14.3. The number of carbonyl (C=O) groups is 1. The maximum Gasteiger partial charge on any atom is 0.274 e. The first-order chi connectivity index (χ1) is 14.0. The van der Waals surface area contributed by atoms with E-state index in [9.17, 15) is 13.6 Å². The molecule has 0 atom stereocenters. The fourth-order valence-corrected chi connectivity index (χ4v) is 3.00. The Morgan fingerprint density at radius 3 is 2.24 bits per heavy atom. The van der Waals surface area contributed by atoms with Gasteiger partial charge in [0.1, 0.15) is 17.3 Å². The SMILES string of the molecule is O=C(Nc1ccccc1F)c1cc(-c2ccccc2F)nn1-c1ccc(Cl)cc1. The third kappa shape index (κ3) is 3.88. The molecule has 1 N–H and O–H groups in total. The molecule has 3 aromatic carbocycles. The van der Waals surface area contributed by atoms with Crippen molar-refractivity contribution in [2.75, 3.05) is 5.32 Å². The van der Waals surface area contributed by atoms with E-state index in [0.29, 0.717) is 10.7 Å². The number of rotatable bonds is 4. The van der Waals surface area contributed by atoms with Crippen LogP contribution in [0.3, 0.4) is 0 Å². The van der Waals surface area contributed by atoms with Gasteiger partial charge in [-0.3, -0.25) is 4.79 Å². The third-order valence-electron chi connectivity index (χ3n) is 4.29. The van der Waals surface area contributed by atoms with Crippen LogP contribution in [-0.4, -0.2) is 15.7 Å². The van der Waals surface area contributed by atoms with Crippen LogP contribution in [0.1, 0.15) is 10.5 Å². The molecule has 4 nitrogen and oxygen atoms in total. The van der Waals surface area contributed by atoms with Gasteiger partial charge in [0.25, 0.3) is 5.91 Å². The molecule has 1 aromatic heterocycles. The molecule has 0 aliphatic rings. The number of aromatic nitrogens is 2. The van der Waals surface area contributed by atoms with Gasteiger partial charge >= 0.3 is 0 Å². The molecule has 0 saturated carbocycles. The van der Waals surface area contributed by atoms with Gasteiger partial charge in [0, 0.05) is 10.6 Å². The lowest BCUT2D eigenvalue weighted by Crippen LogP contribution is -2.17. The zero-order valence-electron chi connectivity index (χ0n) is 14.9. The summed E-state index contributed by atoms with van der Waals surface area (Å²) >= 11 is 5.95. The normalized spacial score (nSPS) is 10.7. The smallest absolute Gasteiger partial charge is 0.274 e. The first kappa shape index (κ1) is 18.8. The molecule has 144 valence electrons. The van der Waals surface area contributed by atoms with Gasteiger partial charge in [0.05, 0.1) is 17.1 Å². The minimum Gasteiger partial charge on any atom is -0.318 e. The van der Waals surface area contributed by atoms with Crippen molar-refractivity contribution in [2.24, 2.45) is 0 Å². The summed E-state index contributed by atoms with van der Waals surface area (Å²) in [4.78, 5) is 12.9. The van der Waals surface area contributed by atoms with Crippen LogP contribution < -0.4 is 5.32 Å². The van der Waals surface area contributed by atoms with Gasteiger partial charge in [-0.15, -0.1) is 0 Å². The first-order valence-electron chi connectivity index (χ1n) is 8.70. The molecule has 4 aromatic rings. The lowest BCUT2D eigenvalue weighted by Gasteiger charge is -2.09. The van der Waals surface area contributed by atoms with Crippen LogP contribution in [-0.2, 0) is 0 Å². The fourth-order valence-electron chi connectivity index (χ4n) is 2.87. The Morgan fingerprint density at radius 2 is 1.55 bits per heavy atom. The highest BCUT2D eigenvalue weighted by Crippen LogP contribution is 2.25. The summed E-state index contributed by atoms with van der Waals surface area (Å²) in [6, 6.07) is 20.1. The lowest BCUT2D eigenvalue weighted by atomic mass is 10.1. The summed E-state index contributed by atoms with van der Waals surface area (Å²) in [5.41, 5.74) is 1.23. The van der Waals surface area contributed by atoms with Crippen LogP contribution >= 0.6 is 11.6 Å². The highest BCUT2D eigenvalue weighted by molar-refractivity contribution is 6.30. The number of hydrogen-bond acceptors (Lipinski definition) is 2. The molecule has 0 saturated heterocycles. The second-order valence-corrected chi connectivity index (χ2v) is 6.65. The predicted molar refractivity (Wildman–Crippen MR) is 108 cm³/mol. The molecular weight excluding hydrogens is 396 g/mol. The maximum absolute atomic E-state index is 14.3. The molecular formula is C22H14ClF2N3O. The zero-order chi connectivity index (χ0) is 20.4. The summed E-state index contributed by atoms with van der Waals surface area (Å²) in [7, 11) is 0.